The van der Waals surface area contributed by atoms with Crippen LogP contribution in [0.1, 0.15) is 155 Å². The monoisotopic (exact) mass is 526 g/mol. The number of rotatable bonds is 27. The maximum atomic E-state index is 12.4. The highest BCUT2D eigenvalue weighted by Crippen LogP contribution is 2.17. The summed E-state index contributed by atoms with van der Waals surface area (Å²) in [6.45, 7) is 4.82. The third-order valence-corrected chi connectivity index (χ3v) is 6.92. The van der Waals surface area contributed by atoms with Crippen molar-refractivity contribution < 1.29 is 24.2 Å². The molecule has 0 aromatic rings. The Morgan fingerprint density at radius 2 is 1.16 bits per heavy atom. The average Bonchev–Trinajstić information content (AvgIpc) is 2.87. The van der Waals surface area contributed by atoms with Crippen molar-refractivity contribution in [2.24, 2.45) is 5.73 Å². The van der Waals surface area contributed by atoms with E-state index >= 15 is 0 Å². The van der Waals surface area contributed by atoms with Gasteiger partial charge in [-0.3, -0.25) is 9.59 Å². The summed E-state index contributed by atoms with van der Waals surface area (Å²) in [5.74, 6) is -1.32. The molecule has 0 aromatic carbocycles. The van der Waals surface area contributed by atoms with E-state index in [4.69, 9.17) is 10.5 Å². The third kappa shape index (κ3) is 23.2. The van der Waals surface area contributed by atoms with E-state index in [0.717, 1.165) is 57.8 Å². The van der Waals surface area contributed by atoms with Gasteiger partial charge in [0, 0.05) is 12.8 Å². The highest BCUT2D eigenvalue weighted by Gasteiger charge is 2.19. The van der Waals surface area contributed by atoms with Gasteiger partial charge in [0.2, 0.25) is 5.91 Å². The van der Waals surface area contributed by atoms with Gasteiger partial charge in [-0.25, -0.2) is 4.79 Å². The third-order valence-electron chi connectivity index (χ3n) is 6.92. The number of nitrogens with one attached hydrogen (secondary N) is 1. The second-order valence-electron chi connectivity index (χ2n) is 10.5. The number of hydrogen-bond donors (Lipinski definition) is 3. The van der Waals surface area contributed by atoms with Gasteiger partial charge in [0.05, 0.1) is 0 Å². The molecule has 218 valence electrons. The van der Waals surface area contributed by atoms with Gasteiger partial charge in [-0.1, -0.05) is 90.9 Å². The van der Waals surface area contributed by atoms with Crippen LogP contribution in [0.15, 0.2) is 0 Å². The number of nitrogens with two attached hydrogens (primary N) is 1. The summed E-state index contributed by atoms with van der Waals surface area (Å²) in [5, 5.41) is 11.8. The normalized spacial score (nSPS) is 12.7. The van der Waals surface area contributed by atoms with Crippen LogP contribution in [0.25, 0.3) is 0 Å². The first kappa shape index (κ1) is 35.4. The lowest BCUT2D eigenvalue weighted by molar-refractivity contribution is -0.150. The largest absolute Gasteiger partial charge is 0.480 e. The summed E-state index contributed by atoms with van der Waals surface area (Å²) in [7, 11) is 0. The van der Waals surface area contributed by atoms with Crippen molar-refractivity contribution in [1.82, 2.24) is 5.32 Å². The van der Waals surface area contributed by atoms with Crippen molar-refractivity contribution in [3.8, 4) is 0 Å². The van der Waals surface area contributed by atoms with Gasteiger partial charge in [-0.05, 0) is 57.9 Å². The molecule has 0 aliphatic rings. The Kier molecular flexibility index (Phi) is 24.9. The van der Waals surface area contributed by atoms with Crippen molar-refractivity contribution in [2.75, 3.05) is 6.54 Å². The molecule has 0 radical (unpaired) electrons. The molecule has 0 bridgehead atoms. The standard InChI is InChI=1S/C30H58N2O5/c1-3-5-7-8-9-10-11-12-13-18-24-29(34)37-26(20-15-6-4-2)21-16-14-17-23-28(33)32-27(30(35)36)22-19-25-31/h26-27H,3-25,31H2,1-2H3,(H,32,33)(H,35,36). The average molecular weight is 527 g/mol. The van der Waals surface area contributed by atoms with Gasteiger partial charge in [0.25, 0.3) is 0 Å². The highest BCUT2D eigenvalue weighted by molar-refractivity contribution is 5.83. The Bertz CT molecular complexity index is 570. The van der Waals surface area contributed by atoms with Gasteiger partial charge in [0.15, 0.2) is 0 Å². The molecule has 1 amide bonds. The predicted octanol–water partition coefficient (Wildman–Crippen LogP) is 7.05. The summed E-state index contributed by atoms with van der Waals surface area (Å²) < 4.78 is 5.83. The second-order valence-corrected chi connectivity index (χ2v) is 10.5. The van der Waals surface area contributed by atoms with E-state index < -0.39 is 12.0 Å². The van der Waals surface area contributed by atoms with Crippen LogP contribution in [0.3, 0.4) is 0 Å². The topological polar surface area (TPSA) is 119 Å². The van der Waals surface area contributed by atoms with Crippen LogP contribution < -0.4 is 11.1 Å². The van der Waals surface area contributed by atoms with E-state index in [1.165, 1.54) is 51.4 Å². The fourth-order valence-electron chi connectivity index (χ4n) is 4.57. The summed E-state index contributed by atoms with van der Waals surface area (Å²) in [6.07, 6.45) is 21.7. The van der Waals surface area contributed by atoms with Crippen LogP contribution in [0.5, 0.6) is 0 Å². The Hall–Kier alpha value is -1.63. The maximum absolute atomic E-state index is 12.4. The molecule has 0 saturated carbocycles. The van der Waals surface area contributed by atoms with Gasteiger partial charge in [0.1, 0.15) is 12.1 Å². The molecule has 0 fully saturated rings. The molecule has 0 rings (SSSR count). The van der Waals surface area contributed by atoms with Crippen molar-refractivity contribution in [3.63, 3.8) is 0 Å². The molecule has 0 spiro atoms. The molecular weight excluding hydrogens is 468 g/mol. The van der Waals surface area contributed by atoms with E-state index in [1.807, 2.05) is 0 Å². The fraction of sp³-hybridized carbons (Fsp3) is 0.900. The molecule has 37 heavy (non-hydrogen) atoms. The molecule has 0 heterocycles. The number of carbonyl (C=O) groups excluding carboxylic acids is 2. The molecular formula is C30H58N2O5. The number of amides is 1. The maximum Gasteiger partial charge on any atom is 0.326 e. The molecule has 0 aliphatic heterocycles. The second kappa shape index (κ2) is 26.0. The summed E-state index contributed by atoms with van der Waals surface area (Å²) in [6, 6.07) is -0.867. The number of carboxylic acids is 1. The minimum absolute atomic E-state index is 0.0383. The molecule has 2 atom stereocenters. The molecule has 4 N–H and O–H groups in total. The molecule has 2 unspecified atom stereocenters. The zero-order valence-electron chi connectivity index (χ0n) is 24.1. The molecule has 7 heteroatoms. The van der Waals surface area contributed by atoms with E-state index in [-0.39, 0.29) is 18.0 Å². The van der Waals surface area contributed by atoms with Gasteiger partial charge < -0.3 is 20.9 Å². The minimum Gasteiger partial charge on any atom is -0.480 e. The van der Waals surface area contributed by atoms with Crippen LogP contribution in [0, 0.1) is 0 Å². The predicted molar refractivity (Wildman–Crippen MR) is 151 cm³/mol. The zero-order valence-corrected chi connectivity index (χ0v) is 24.1. The van der Waals surface area contributed by atoms with Gasteiger partial charge >= 0.3 is 11.9 Å². The van der Waals surface area contributed by atoms with Crippen molar-refractivity contribution >= 4 is 17.8 Å². The first-order valence-electron chi connectivity index (χ1n) is 15.4. The van der Waals surface area contributed by atoms with E-state index in [2.05, 4.69) is 19.2 Å². The Labute approximate surface area is 227 Å². The number of hydrogen-bond acceptors (Lipinski definition) is 5. The number of aliphatic carboxylic acids is 1. The minimum atomic E-state index is -1.02. The Balaban J connectivity index is 4.09. The first-order valence-corrected chi connectivity index (χ1v) is 15.4. The quantitative estimate of drug-likeness (QED) is 0.0779. The van der Waals surface area contributed by atoms with Crippen molar-refractivity contribution in [2.45, 2.75) is 167 Å². The van der Waals surface area contributed by atoms with Crippen molar-refractivity contribution in [3.05, 3.63) is 0 Å². The highest BCUT2D eigenvalue weighted by atomic mass is 16.5. The van der Waals surface area contributed by atoms with E-state index in [9.17, 15) is 19.5 Å². The molecule has 0 saturated heterocycles. The summed E-state index contributed by atoms with van der Waals surface area (Å²) in [4.78, 5) is 35.8. The number of carboxylic acid groups (broad SMARTS) is 1. The Morgan fingerprint density at radius 3 is 1.73 bits per heavy atom. The van der Waals surface area contributed by atoms with E-state index in [0.29, 0.717) is 38.6 Å². The Morgan fingerprint density at radius 1 is 0.676 bits per heavy atom. The smallest absolute Gasteiger partial charge is 0.326 e. The first-order chi connectivity index (χ1) is 17.9. The summed E-state index contributed by atoms with van der Waals surface area (Å²) >= 11 is 0. The number of carbonyl (C=O) groups is 3. The zero-order chi connectivity index (χ0) is 27.6. The van der Waals surface area contributed by atoms with Crippen molar-refractivity contribution in [1.29, 1.82) is 0 Å². The van der Waals surface area contributed by atoms with Gasteiger partial charge in [-0.15, -0.1) is 0 Å². The SMILES string of the molecule is CCCCCCCCCCCCC(=O)OC(CCCCC)CCCCCC(=O)NC(CCCN)C(=O)O. The van der Waals surface area contributed by atoms with Crippen LogP contribution >= 0.6 is 0 Å². The molecule has 7 nitrogen and oxygen atoms in total. The lowest BCUT2D eigenvalue weighted by Gasteiger charge is -2.18. The lowest BCUT2D eigenvalue weighted by Crippen LogP contribution is -2.40. The van der Waals surface area contributed by atoms with Crippen LogP contribution in [-0.4, -0.2) is 41.6 Å². The van der Waals surface area contributed by atoms with Gasteiger partial charge in [-0.2, -0.15) is 0 Å². The van der Waals surface area contributed by atoms with Crippen LogP contribution in [0.4, 0.5) is 0 Å². The summed E-state index contributed by atoms with van der Waals surface area (Å²) in [5.41, 5.74) is 5.44. The number of unbranched alkanes of at least 4 members (excludes halogenated alkanes) is 13. The van der Waals surface area contributed by atoms with E-state index in [1.54, 1.807) is 0 Å². The fourth-order valence-corrected chi connectivity index (χ4v) is 4.57. The van der Waals surface area contributed by atoms with Crippen LogP contribution in [0.2, 0.25) is 0 Å². The molecule has 0 aliphatic carbocycles. The molecule has 0 aromatic heterocycles. The lowest BCUT2D eigenvalue weighted by atomic mass is 10.0. The number of ether oxygens (including phenoxy) is 1. The van der Waals surface area contributed by atoms with Crippen LogP contribution in [-0.2, 0) is 19.1 Å². The number of esters is 1.